The molecule has 0 aliphatic heterocycles. The summed E-state index contributed by atoms with van der Waals surface area (Å²) >= 11 is 6.87. The Morgan fingerprint density at radius 2 is 2.16 bits per heavy atom. The third-order valence-electron chi connectivity index (χ3n) is 2.57. The molecule has 0 fully saturated rings. The first-order valence-corrected chi connectivity index (χ1v) is 6.85. The second-order valence-electron chi connectivity index (χ2n) is 3.79. The summed E-state index contributed by atoms with van der Waals surface area (Å²) in [7, 11) is 1.86. The summed E-state index contributed by atoms with van der Waals surface area (Å²) in [5.41, 5.74) is 1.89. The third kappa shape index (κ3) is 2.92. The summed E-state index contributed by atoms with van der Waals surface area (Å²) in [5.74, 6) is -0.249. The van der Waals surface area contributed by atoms with Crippen molar-refractivity contribution in [1.29, 1.82) is 5.26 Å². The lowest BCUT2D eigenvalue weighted by Gasteiger charge is -2.15. The zero-order valence-corrected chi connectivity index (χ0v) is 11.7. The molecule has 0 amide bonds. The molecule has 0 aliphatic carbocycles. The van der Waals surface area contributed by atoms with Gasteiger partial charge in [0.2, 0.25) is 0 Å². The van der Waals surface area contributed by atoms with E-state index in [0.29, 0.717) is 16.4 Å². The average molecular weight is 292 g/mol. The Morgan fingerprint density at radius 3 is 2.74 bits per heavy atom. The van der Waals surface area contributed by atoms with E-state index in [9.17, 15) is 4.79 Å². The fourth-order valence-corrected chi connectivity index (χ4v) is 2.44. The highest BCUT2D eigenvalue weighted by Gasteiger charge is 2.13. The molecule has 0 saturated carbocycles. The first kappa shape index (κ1) is 13.5. The Bertz CT molecular complexity index is 630. The molecule has 0 unspecified atom stereocenters. The van der Waals surface area contributed by atoms with Crippen molar-refractivity contribution in [2.75, 3.05) is 17.8 Å². The fourth-order valence-electron chi connectivity index (χ4n) is 1.48. The van der Waals surface area contributed by atoms with E-state index in [4.69, 9.17) is 16.9 Å². The van der Waals surface area contributed by atoms with Gasteiger partial charge in [-0.1, -0.05) is 0 Å². The summed E-state index contributed by atoms with van der Waals surface area (Å²) in [6, 6.07) is 9.22. The molecule has 6 heteroatoms. The maximum atomic E-state index is 11.4. The Balaban J connectivity index is 2.23. The van der Waals surface area contributed by atoms with Crippen molar-refractivity contribution in [1.82, 2.24) is 4.98 Å². The van der Waals surface area contributed by atoms with E-state index >= 15 is 0 Å². The van der Waals surface area contributed by atoms with Crippen LogP contribution in [0.25, 0.3) is 0 Å². The van der Waals surface area contributed by atoms with Gasteiger partial charge in [0, 0.05) is 18.1 Å². The van der Waals surface area contributed by atoms with Crippen molar-refractivity contribution >= 4 is 39.5 Å². The SMILES string of the molecule is CN(c1ccc(C#N)cc1)c1nc(C(=O)CCl)cs1. The molecule has 1 aromatic heterocycles. The second kappa shape index (κ2) is 5.83. The van der Waals surface area contributed by atoms with Crippen LogP contribution in [0.15, 0.2) is 29.6 Å². The van der Waals surface area contributed by atoms with Crippen LogP contribution in [0.2, 0.25) is 0 Å². The van der Waals surface area contributed by atoms with Gasteiger partial charge in [-0.05, 0) is 24.3 Å². The lowest BCUT2D eigenvalue weighted by Crippen LogP contribution is -2.10. The highest BCUT2D eigenvalue weighted by atomic mass is 35.5. The number of carbonyl (C=O) groups excluding carboxylic acids is 1. The zero-order valence-electron chi connectivity index (χ0n) is 10.1. The van der Waals surface area contributed by atoms with Crippen LogP contribution >= 0.6 is 22.9 Å². The summed E-state index contributed by atoms with van der Waals surface area (Å²) < 4.78 is 0. The summed E-state index contributed by atoms with van der Waals surface area (Å²) in [5, 5.41) is 11.2. The number of anilines is 2. The molecule has 0 aliphatic rings. The number of nitrogens with zero attached hydrogens (tertiary/aromatic N) is 3. The number of hydrogen-bond donors (Lipinski definition) is 0. The summed E-state index contributed by atoms with van der Waals surface area (Å²) in [6.45, 7) is 0. The van der Waals surface area contributed by atoms with E-state index in [1.54, 1.807) is 17.5 Å². The number of nitriles is 1. The van der Waals surface area contributed by atoms with Gasteiger partial charge in [-0.15, -0.1) is 22.9 Å². The van der Waals surface area contributed by atoms with Crippen molar-refractivity contribution in [2.24, 2.45) is 0 Å². The van der Waals surface area contributed by atoms with Crippen LogP contribution in [0, 0.1) is 11.3 Å². The molecule has 0 radical (unpaired) electrons. The molecule has 0 N–H and O–H groups in total. The molecule has 2 aromatic rings. The van der Waals surface area contributed by atoms with Gasteiger partial charge in [-0.25, -0.2) is 4.98 Å². The normalized spacial score (nSPS) is 9.95. The van der Waals surface area contributed by atoms with Crippen LogP contribution in [-0.2, 0) is 0 Å². The monoisotopic (exact) mass is 291 g/mol. The van der Waals surface area contributed by atoms with Gasteiger partial charge >= 0.3 is 0 Å². The minimum Gasteiger partial charge on any atom is -0.321 e. The van der Waals surface area contributed by atoms with E-state index < -0.39 is 0 Å². The number of carbonyl (C=O) groups is 1. The van der Waals surface area contributed by atoms with Gasteiger partial charge < -0.3 is 4.90 Å². The van der Waals surface area contributed by atoms with Crippen molar-refractivity contribution < 1.29 is 4.79 Å². The number of ketones is 1. The highest BCUT2D eigenvalue weighted by molar-refractivity contribution is 7.14. The smallest absolute Gasteiger partial charge is 0.196 e. The lowest BCUT2D eigenvalue weighted by molar-refractivity contribution is 0.101. The second-order valence-corrected chi connectivity index (χ2v) is 4.89. The molecular formula is C13H10ClN3OS. The number of Topliss-reactive ketones (excluding diaryl/α,β-unsaturated/α-hetero) is 1. The minimum absolute atomic E-state index is 0.0657. The van der Waals surface area contributed by atoms with Crippen molar-refractivity contribution in [3.63, 3.8) is 0 Å². The number of thiazole rings is 1. The predicted molar refractivity (Wildman–Crippen MR) is 76.4 cm³/mol. The van der Waals surface area contributed by atoms with E-state index in [0.717, 1.165) is 5.69 Å². The maximum Gasteiger partial charge on any atom is 0.196 e. The third-order valence-corrected chi connectivity index (χ3v) is 3.73. The van der Waals surface area contributed by atoms with Crippen LogP contribution < -0.4 is 4.90 Å². The topological polar surface area (TPSA) is 57.0 Å². The molecule has 0 bridgehead atoms. The Hall–Kier alpha value is -1.90. The van der Waals surface area contributed by atoms with Crippen LogP contribution in [0.5, 0.6) is 0 Å². The van der Waals surface area contributed by atoms with E-state index in [1.165, 1.54) is 11.3 Å². The lowest BCUT2D eigenvalue weighted by atomic mass is 10.2. The van der Waals surface area contributed by atoms with Gasteiger partial charge in [-0.2, -0.15) is 5.26 Å². The average Bonchev–Trinajstić information content (AvgIpc) is 2.95. The molecule has 0 saturated heterocycles. The number of hydrogen-bond acceptors (Lipinski definition) is 5. The van der Waals surface area contributed by atoms with Crippen molar-refractivity contribution in [3.05, 3.63) is 40.9 Å². The zero-order chi connectivity index (χ0) is 13.8. The molecule has 0 spiro atoms. The molecule has 1 aromatic carbocycles. The summed E-state index contributed by atoms with van der Waals surface area (Å²) in [6.07, 6.45) is 0. The Labute approximate surface area is 119 Å². The molecule has 96 valence electrons. The number of aromatic nitrogens is 1. The first-order valence-electron chi connectivity index (χ1n) is 5.44. The van der Waals surface area contributed by atoms with E-state index in [-0.39, 0.29) is 11.7 Å². The largest absolute Gasteiger partial charge is 0.321 e. The Morgan fingerprint density at radius 1 is 1.47 bits per heavy atom. The fraction of sp³-hybridized carbons (Fsp3) is 0.154. The molecule has 4 nitrogen and oxygen atoms in total. The van der Waals surface area contributed by atoms with Gasteiger partial charge in [0.25, 0.3) is 0 Å². The molecule has 0 atom stereocenters. The number of halogens is 1. The van der Waals surface area contributed by atoms with Gasteiger partial charge in [0.05, 0.1) is 17.5 Å². The molecule has 19 heavy (non-hydrogen) atoms. The van der Waals surface area contributed by atoms with Crippen molar-refractivity contribution in [2.45, 2.75) is 0 Å². The first-order chi connectivity index (χ1) is 9.15. The number of alkyl halides is 1. The van der Waals surface area contributed by atoms with Crippen LogP contribution in [0.3, 0.4) is 0 Å². The van der Waals surface area contributed by atoms with E-state index in [2.05, 4.69) is 11.1 Å². The van der Waals surface area contributed by atoms with Crippen molar-refractivity contribution in [3.8, 4) is 6.07 Å². The molecule has 1 heterocycles. The van der Waals surface area contributed by atoms with Crippen LogP contribution in [0.4, 0.5) is 10.8 Å². The van der Waals surface area contributed by atoms with Crippen LogP contribution in [0.1, 0.15) is 16.1 Å². The highest BCUT2D eigenvalue weighted by Crippen LogP contribution is 2.27. The van der Waals surface area contributed by atoms with Crippen LogP contribution in [-0.4, -0.2) is 23.7 Å². The maximum absolute atomic E-state index is 11.4. The van der Waals surface area contributed by atoms with E-state index in [1.807, 2.05) is 24.1 Å². The molecular weight excluding hydrogens is 282 g/mol. The minimum atomic E-state index is -0.183. The Kier molecular flexibility index (Phi) is 4.15. The summed E-state index contributed by atoms with van der Waals surface area (Å²) in [4.78, 5) is 17.5. The quantitative estimate of drug-likeness (QED) is 0.641. The van der Waals surface area contributed by atoms with Gasteiger partial charge in [-0.3, -0.25) is 4.79 Å². The number of benzene rings is 1. The predicted octanol–water partition coefficient (Wildman–Crippen LogP) is 3.20. The van der Waals surface area contributed by atoms with Gasteiger partial charge in [0.15, 0.2) is 10.9 Å². The molecule has 2 rings (SSSR count). The standard InChI is InChI=1S/C13H10ClN3OS/c1-17(10-4-2-9(7-15)3-5-10)13-16-11(8-19-13)12(18)6-14/h2-5,8H,6H2,1H3. The van der Waals surface area contributed by atoms with Gasteiger partial charge in [0.1, 0.15) is 5.69 Å². The number of rotatable bonds is 4.